The molecule has 0 N–H and O–H groups in total. The fourth-order valence-corrected chi connectivity index (χ4v) is 2.38. The summed E-state index contributed by atoms with van der Waals surface area (Å²) in [6.45, 7) is 1.70. The van der Waals surface area contributed by atoms with Gasteiger partial charge in [-0.15, -0.1) is 0 Å². The van der Waals surface area contributed by atoms with Crippen LogP contribution in [0.25, 0.3) is 0 Å². The molecule has 1 saturated heterocycles. The monoisotopic (exact) mass is 168 g/mol. The minimum absolute atomic E-state index is 0.348. The van der Waals surface area contributed by atoms with E-state index in [9.17, 15) is 4.79 Å². The lowest BCUT2D eigenvalue weighted by Crippen LogP contribution is -2.27. The quantitative estimate of drug-likeness (QED) is 0.596. The van der Waals surface area contributed by atoms with E-state index in [0.717, 1.165) is 38.9 Å². The first kappa shape index (κ1) is 8.24. The predicted octanol–water partition coefficient (Wildman–Crippen LogP) is 1.78. The molecule has 1 aliphatic heterocycles. The first-order chi connectivity index (χ1) is 5.88. The molecule has 0 aromatic carbocycles. The molecule has 2 nitrogen and oxygen atoms in total. The van der Waals surface area contributed by atoms with Crippen molar-refractivity contribution in [2.75, 3.05) is 13.2 Å². The molecular formula is C10H16O2. The molecule has 12 heavy (non-hydrogen) atoms. The van der Waals surface area contributed by atoms with Gasteiger partial charge >= 0.3 is 0 Å². The van der Waals surface area contributed by atoms with Gasteiger partial charge in [-0.05, 0) is 25.2 Å². The van der Waals surface area contributed by atoms with Gasteiger partial charge in [0.15, 0.2) is 0 Å². The minimum Gasteiger partial charge on any atom is -0.381 e. The molecule has 0 amide bonds. The zero-order chi connectivity index (χ0) is 8.39. The summed E-state index contributed by atoms with van der Waals surface area (Å²) in [6.07, 6.45) is 5.40. The highest BCUT2D eigenvalue weighted by atomic mass is 16.5. The van der Waals surface area contributed by atoms with Gasteiger partial charge in [0.1, 0.15) is 5.78 Å². The molecule has 0 bridgehead atoms. The second-order valence-corrected chi connectivity index (χ2v) is 3.94. The van der Waals surface area contributed by atoms with Crippen molar-refractivity contribution in [1.29, 1.82) is 0 Å². The highest BCUT2D eigenvalue weighted by molar-refractivity contribution is 5.81. The van der Waals surface area contributed by atoms with Crippen LogP contribution in [0.3, 0.4) is 0 Å². The summed E-state index contributed by atoms with van der Waals surface area (Å²) in [6, 6.07) is 0. The van der Waals surface area contributed by atoms with E-state index in [-0.39, 0.29) is 0 Å². The number of Topliss-reactive ketones (excluding diaryl/α,β-unsaturated/α-hetero) is 1. The van der Waals surface area contributed by atoms with Crippen LogP contribution in [-0.4, -0.2) is 19.0 Å². The lowest BCUT2D eigenvalue weighted by atomic mass is 9.79. The maximum atomic E-state index is 11.5. The van der Waals surface area contributed by atoms with Crippen LogP contribution in [0, 0.1) is 11.8 Å². The smallest absolute Gasteiger partial charge is 0.136 e. The molecule has 0 spiro atoms. The van der Waals surface area contributed by atoms with Crippen molar-refractivity contribution < 1.29 is 9.53 Å². The number of carbonyl (C=O) groups excluding carboxylic acids is 1. The number of hydrogen-bond donors (Lipinski definition) is 0. The number of ketones is 1. The third-order valence-corrected chi connectivity index (χ3v) is 3.14. The molecule has 0 radical (unpaired) electrons. The van der Waals surface area contributed by atoms with Crippen LogP contribution in [0.1, 0.15) is 32.1 Å². The third kappa shape index (κ3) is 1.53. The summed E-state index contributed by atoms with van der Waals surface area (Å²) in [4.78, 5) is 11.5. The molecule has 0 aromatic rings. The van der Waals surface area contributed by atoms with Crippen LogP contribution in [0.15, 0.2) is 0 Å². The van der Waals surface area contributed by atoms with Gasteiger partial charge in [0.2, 0.25) is 0 Å². The van der Waals surface area contributed by atoms with E-state index in [2.05, 4.69) is 0 Å². The van der Waals surface area contributed by atoms with E-state index in [1.165, 1.54) is 6.42 Å². The maximum absolute atomic E-state index is 11.5. The van der Waals surface area contributed by atoms with E-state index in [0.29, 0.717) is 17.6 Å². The summed E-state index contributed by atoms with van der Waals surface area (Å²) < 4.78 is 5.31. The fraction of sp³-hybridized carbons (Fsp3) is 0.900. The van der Waals surface area contributed by atoms with Gasteiger partial charge in [-0.3, -0.25) is 4.79 Å². The normalized spacial score (nSPS) is 37.2. The Kier molecular flexibility index (Phi) is 2.45. The number of rotatable bonds is 1. The van der Waals surface area contributed by atoms with E-state index in [1.807, 2.05) is 0 Å². The van der Waals surface area contributed by atoms with Gasteiger partial charge in [0.05, 0.1) is 6.61 Å². The average molecular weight is 168 g/mol. The Morgan fingerprint density at radius 2 is 2.17 bits per heavy atom. The minimum atomic E-state index is 0.348. The van der Waals surface area contributed by atoms with Gasteiger partial charge in [0, 0.05) is 18.9 Å². The number of ether oxygens (including phenoxy) is 1. The Morgan fingerprint density at radius 3 is 2.83 bits per heavy atom. The molecule has 1 saturated carbocycles. The zero-order valence-corrected chi connectivity index (χ0v) is 7.42. The Hall–Kier alpha value is -0.370. The van der Waals surface area contributed by atoms with Crippen LogP contribution >= 0.6 is 0 Å². The van der Waals surface area contributed by atoms with Crippen molar-refractivity contribution in [3.05, 3.63) is 0 Å². The number of hydrogen-bond acceptors (Lipinski definition) is 2. The van der Waals surface area contributed by atoms with E-state index < -0.39 is 0 Å². The van der Waals surface area contributed by atoms with E-state index in [4.69, 9.17) is 4.74 Å². The fourth-order valence-electron chi connectivity index (χ4n) is 2.38. The van der Waals surface area contributed by atoms with Gasteiger partial charge in [-0.25, -0.2) is 0 Å². The van der Waals surface area contributed by atoms with Crippen LogP contribution in [0.2, 0.25) is 0 Å². The highest BCUT2D eigenvalue weighted by Gasteiger charge is 2.32. The second-order valence-electron chi connectivity index (χ2n) is 3.94. The third-order valence-electron chi connectivity index (χ3n) is 3.14. The molecule has 0 aromatic heterocycles. The van der Waals surface area contributed by atoms with E-state index >= 15 is 0 Å². The highest BCUT2D eigenvalue weighted by Crippen LogP contribution is 2.31. The van der Waals surface area contributed by atoms with Crippen molar-refractivity contribution in [3.8, 4) is 0 Å². The van der Waals surface area contributed by atoms with Crippen LogP contribution in [0.5, 0.6) is 0 Å². The molecular weight excluding hydrogens is 152 g/mol. The molecule has 2 atom stereocenters. The first-order valence-electron chi connectivity index (χ1n) is 4.98. The zero-order valence-electron chi connectivity index (χ0n) is 7.42. The molecule has 68 valence electrons. The van der Waals surface area contributed by atoms with Crippen molar-refractivity contribution >= 4 is 5.78 Å². The van der Waals surface area contributed by atoms with Gasteiger partial charge in [-0.2, -0.15) is 0 Å². The van der Waals surface area contributed by atoms with Crippen LogP contribution in [0.4, 0.5) is 0 Å². The van der Waals surface area contributed by atoms with Crippen molar-refractivity contribution in [3.63, 3.8) is 0 Å². The Labute approximate surface area is 73.3 Å². The summed E-state index contributed by atoms with van der Waals surface area (Å²) in [5, 5.41) is 0. The van der Waals surface area contributed by atoms with Gasteiger partial charge in [-0.1, -0.05) is 6.42 Å². The standard InChI is InChI=1S/C10H16O2/c11-10-4-2-1-3-9(10)8-5-6-12-7-8/h8-9H,1-7H2. The lowest BCUT2D eigenvalue weighted by molar-refractivity contribution is -0.126. The molecule has 1 heterocycles. The van der Waals surface area contributed by atoms with Crippen molar-refractivity contribution in [2.45, 2.75) is 32.1 Å². The molecule has 2 rings (SSSR count). The predicted molar refractivity (Wildman–Crippen MR) is 45.9 cm³/mol. The van der Waals surface area contributed by atoms with Crippen molar-refractivity contribution in [1.82, 2.24) is 0 Å². The summed E-state index contributed by atoms with van der Waals surface area (Å²) in [5.74, 6) is 1.40. The molecule has 2 fully saturated rings. The van der Waals surface area contributed by atoms with Gasteiger partial charge < -0.3 is 4.74 Å². The SMILES string of the molecule is O=C1CCCCC1C1CCOC1. The largest absolute Gasteiger partial charge is 0.381 e. The van der Waals surface area contributed by atoms with Gasteiger partial charge in [0.25, 0.3) is 0 Å². The van der Waals surface area contributed by atoms with Crippen LogP contribution < -0.4 is 0 Å². The summed E-state index contributed by atoms with van der Waals surface area (Å²) in [7, 11) is 0. The lowest BCUT2D eigenvalue weighted by Gasteiger charge is -2.24. The van der Waals surface area contributed by atoms with Crippen molar-refractivity contribution in [2.24, 2.45) is 11.8 Å². The molecule has 2 heteroatoms. The Balaban J connectivity index is 1.95. The second kappa shape index (κ2) is 3.56. The molecule has 2 unspecified atom stereocenters. The van der Waals surface area contributed by atoms with Crippen LogP contribution in [-0.2, 0) is 9.53 Å². The average Bonchev–Trinajstić information content (AvgIpc) is 2.57. The Morgan fingerprint density at radius 1 is 1.25 bits per heavy atom. The molecule has 2 aliphatic rings. The topological polar surface area (TPSA) is 26.3 Å². The molecule has 1 aliphatic carbocycles. The van der Waals surface area contributed by atoms with E-state index in [1.54, 1.807) is 0 Å². The Bertz CT molecular complexity index is 171. The maximum Gasteiger partial charge on any atom is 0.136 e. The summed E-state index contributed by atoms with van der Waals surface area (Å²) >= 11 is 0. The first-order valence-corrected chi connectivity index (χ1v) is 4.98. The number of carbonyl (C=O) groups is 1. The summed E-state index contributed by atoms with van der Waals surface area (Å²) in [5.41, 5.74) is 0.